The summed E-state index contributed by atoms with van der Waals surface area (Å²) in [6.07, 6.45) is 5.04. The van der Waals surface area contributed by atoms with E-state index in [-0.39, 0.29) is 5.69 Å². The number of aryl methyl sites for hydroxylation is 1. The molecule has 43 heavy (non-hydrogen) atoms. The number of nitrogens with zero attached hydrogens (tertiary/aromatic N) is 2. The normalized spacial score (nSPS) is 14.5. The predicted octanol–water partition coefficient (Wildman–Crippen LogP) is 6.92. The second-order valence-corrected chi connectivity index (χ2v) is 12.5. The van der Waals surface area contributed by atoms with E-state index in [2.05, 4.69) is 21.5 Å². The number of methoxy groups -OCH3 is 1. The minimum absolute atomic E-state index is 0.173. The Kier molecular flexibility index (Phi) is 9.31. The average molecular weight is 612 g/mol. The lowest BCUT2D eigenvalue weighted by Gasteiger charge is -2.30. The van der Waals surface area contributed by atoms with E-state index < -0.39 is 26.6 Å². The number of rotatable bonds is 11. The van der Waals surface area contributed by atoms with Gasteiger partial charge in [-0.25, -0.2) is 17.2 Å². The lowest BCUT2D eigenvalue weighted by molar-refractivity contribution is 0.176. The number of likely N-dealkylation sites (tertiary alicyclic amines) is 1. The highest BCUT2D eigenvalue weighted by Gasteiger charge is 2.21. The van der Waals surface area contributed by atoms with E-state index in [0.717, 1.165) is 44.1 Å². The molecule has 3 aromatic carbocycles. The molecule has 11 heteroatoms. The standard InChI is InChI=1S/C32H35F2N3O5S/c1-21-10-14-37(15-11-21)13-4-16-41-31-20-27-25(19-30(31)40-3)29(9-12-35-27)42-28-8-6-24(17-22(28)2)36-43(38,39)32-18-23(33)5-7-26(32)34/h5-9,12,17-21,36H,4,10-11,13-16H2,1-3H3. The first-order chi connectivity index (χ1) is 20.6. The number of benzene rings is 3. The molecule has 5 rings (SSSR count). The highest BCUT2D eigenvalue weighted by atomic mass is 32.2. The summed E-state index contributed by atoms with van der Waals surface area (Å²) >= 11 is 0. The van der Waals surface area contributed by atoms with Crippen molar-refractivity contribution in [2.75, 3.05) is 38.1 Å². The van der Waals surface area contributed by atoms with Gasteiger partial charge in [-0.15, -0.1) is 0 Å². The zero-order valence-electron chi connectivity index (χ0n) is 24.4. The summed E-state index contributed by atoms with van der Waals surface area (Å²) in [5.74, 6) is 1.06. The van der Waals surface area contributed by atoms with Crippen LogP contribution in [0.15, 0.2) is 65.7 Å². The molecule has 1 N–H and O–H groups in total. The summed E-state index contributed by atoms with van der Waals surface area (Å²) in [5.41, 5.74) is 1.45. The maximum Gasteiger partial charge on any atom is 0.264 e. The number of hydrogen-bond acceptors (Lipinski definition) is 7. The molecule has 1 aromatic heterocycles. The Bertz CT molecular complexity index is 1710. The second kappa shape index (κ2) is 13.1. The molecule has 228 valence electrons. The monoisotopic (exact) mass is 611 g/mol. The number of anilines is 1. The molecule has 0 saturated carbocycles. The van der Waals surface area contributed by atoms with E-state index in [1.54, 1.807) is 38.4 Å². The Hall–Kier alpha value is -3.96. The average Bonchev–Trinajstić information content (AvgIpc) is 2.98. The Labute approximate surface area is 250 Å². The number of hydrogen-bond donors (Lipinski definition) is 1. The number of sulfonamides is 1. The van der Waals surface area contributed by atoms with Crippen molar-refractivity contribution in [3.8, 4) is 23.0 Å². The summed E-state index contributed by atoms with van der Waals surface area (Å²) in [4.78, 5) is 6.20. The molecule has 2 heterocycles. The van der Waals surface area contributed by atoms with E-state index in [1.165, 1.54) is 18.9 Å². The topological polar surface area (TPSA) is 90.0 Å². The van der Waals surface area contributed by atoms with Gasteiger partial charge in [0.05, 0.1) is 19.2 Å². The summed E-state index contributed by atoms with van der Waals surface area (Å²) in [5, 5.41) is 0.708. The van der Waals surface area contributed by atoms with Gasteiger partial charge < -0.3 is 19.1 Å². The molecule has 8 nitrogen and oxygen atoms in total. The fourth-order valence-electron chi connectivity index (χ4n) is 5.08. The molecule has 0 radical (unpaired) electrons. The SMILES string of the molecule is COc1cc2c(Oc3ccc(NS(=O)(=O)c4cc(F)ccc4F)cc3C)ccnc2cc1OCCCN1CCC(C)CC1. The Morgan fingerprint density at radius 2 is 1.77 bits per heavy atom. The van der Waals surface area contributed by atoms with Gasteiger partial charge in [-0.05, 0) is 99.3 Å². The van der Waals surface area contributed by atoms with Crippen LogP contribution in [-0.2, 0) is 10.0 Å². The summed E-state index contributed by atoms with van der Waals surface area (Å²) in [6.45, 7) is 7.89. The summed E-state index contributed by atoms with van der Waals surface area (Å²) in [7, 11) is -2.77. The Morgan fingerprint density at radius 3 is 2.51 bits per heavy atom. The second-order valence-electron chi connectivity index (χ2n) is 10.8. The number of piperidine rings is 1. The van der Waals surface area contributed by atoms with Crippen molar-refractivity contribution in [3.63, 3.8) is 0 Å². The van der Waals surface area contributed by atoms with Crippen molar-refractivity contribution in [3.05, 3.63) is 78.0 Å². The van der Waals surface area contributed by atoms with Crippen molar-refractivity contribution >= 4 is 26.6 Å². The van der Waals surface area contributed by atoms with Gasteiger partial charge in [0, 0.05) is 29.9 Å². The van der Waals surface area contributed by atoms with Gasteiger partial charge in [0.1, 0.15) is 28.0 Å². The van der Waals surface area contributed by atoms with E-state index >= 15 is 0 Å². The zero-order valence-corrected chi connectivity index (χ0v) is 25.2. The quantitative estimate of drug-likeness (QED) is 0.184. The number of aromatic nitrogens is 1. The fraction of sp³-hybridized carbons (Fsp3) is 0.344. The first-order valence-electron chi connectivity index (χ1n) is 14.2. The number of nitrogens with one attached hydrogen (secondary N) is 1. The lowest BCUT2D eigenvalue weighted by Crippen LogP contribution is -2.34. The van der Waals surface area contributed by atoms with Crippen LogP contribution < -0.4 is 18.9 Å². The van der Waals surface area contributed by atoms with Crippen molar-refractivity contribution < 1.29 is 31.4 Å². The molecule has 0 unspecified atom stereocenters. The first kappa shape index (κ1) is 30.5. The van der Waals surface area contributed by atoms with E-state index in [4.69, 9.17) is 14.2 Å². The number of ether oxygens (including phenoxy) is 3. The predicted molar refractivity (Wildman–Crippen MR) is 162 cm³/mol. The van der Waals surface area contributed by atoms with Gasteiger partial charge in [-0.1, -0.05) is 6.92 Å². The molecule has 4 aromatic rings. The molecule has 0 atom stereocenters. The van der Waals surface area contributed by atoms with E-state index in [0.29, 0.717) is 52.1 Å². The molecular formula is C32H35F2N3O5S. The molecule has 1 fully saturated rings. The third-order valence-electron chi connectivity index (χ3n) is 7.57. The third-order valence-corrected chi connectivity index (χ3v) is 8.97. The molecule has 0 aliphatic carbocycles. The van der Waals surface area contributed by atoms with Crippen molar-refractivity contribution in [1.82, 2.24) is 9.88 Å². The van der Waals surface area contributed by atoms with Crippen LogP contribution in [0.3, 0.4) is 0 Å². The lowest BCUT2D eigenvalue weighted by atomic mass is 9.99. The molecule has 0 bridgehead atoms. The largest absolute Gasteiger partial charge is 0.493 e. The van der Waals surface area contributed by atoms with E-state index in [1.807, 2.05) is 12.1 Å². The van der Waals surface area contributed by atoms with Gasteiger partial charge in [-0.2, -0.15) is 0 Å². The Morgan fingerprint density at radius 1 is 0.977 bits per heavy atom. The van der Waals surface area contributed by atoms with Crippen LogP contribution in [0.5, 0.6) is 23.0 Å². The van der Waals surface area contributed by atoms with Gasteiger partial charge in [0.15, 0.2) is 11.5 Å². The Balaban J connectivity index is 1.28. The van der Waals surface area contributed by atoms with Gasteiger partial charge in [0.2, 0.25) is 0 Å². The summed E-state index contributed by atoms with van der Waals surface area (Å²) < 4.78 is 73.2. The van der Waals surface area contributed by atoms with Gasteiger partial charge in [0.25, 0.3) is 10.0 Å². The maximum absolute atomic E-state index is 14.1. The van der Waals surface area contributed by atoms with Crippen molar-refractivity contribution in [2.45, 2.75) is 38.0 Å². The minimum Gasteiger partial charge on any atom is -0.493 e. The molecule has 1 aliphatic heterocycles. The number of pyridine rings is 1. The highest BCUT2D eigenvalue weighted by molar-refractivity contribution is 7.92. The zero-order chi connectivity index (χ0) is 30.6. The smallest absolute Gasteiger partial charge is 0.264 e. The molecule has 1 aliphatic rings. The summed E-state index contributed by atoms with van der Waals surface area (Å²) in [6, 6.07) is 12.3. The van der Waals surface area contributed by atoms with Crippen molar-refractivity contribution in [2.24, 2.45) is 5.92 Å². The van der Waals surface area contributed by atoms with Crippen LogP contribution in [0.1, 0.15) is 31.7 Å². The minimum atomic E-state index is -4.35. The van der Waals surface area contributed by atoms with Crippen LogP contribution in [0.25, 0.3) is 10.9 Å². The fourth-order valence-corrected chi connectivity index (χ4v) is 6.22. The maximum atomic E-state index is 14.1. The van der Waals surface area contributed by atoms with Crippen LogP contribution in [-0.4, -0.2) is 51.7 Å². The molecule has 0 spiro atoms. The number of halogens is 2. The van der Waals surface area contributed by atoms with Crippen LogP contribution >= 0.6 is 0 Å². The van der Waals surface area contributed by atoms with Crippen LogP contribution in [0.4, 0.5) is 14.5 Å². The van der Waals surface area contributed by atoms with Crippen molar-refractivity contribution in [1.29, 1.82) is 0 Å². The number of fused-ring (bicyclic) bond motifs is 1. The van der Waals surface area contributed by atoms with Gasteiger partial charge in [-0.3, -0.25) is 9.71 Å². The van der Waals surface area contributed by atoms with Gasteiger partial charge >= 0.3 is 0 Å². The highest BCUT2D eigenvalue weighted by Crippen LogP contribution is 2.38. The van der Waals surface area contributed by atoms with Crippen LogP contribution in [0.2, 0.25) is 0 Å². The third kappa shape index (κ3) is 7.34. The molecule has 1 saturated heterocycles. The molecular weight excluding hydrogens is 576 g/mol. The van der Waals surface area contributed by atoms with Crippen LogP contribution in [0, 0.1) is 24.5 Å². The molecule has 0 amide bonds. The first-order valence-corrected chi connectivity index (χ1v) is 15.7. The van der Waals surface area contributed by atoms with E-state index in [9.17, 15) is 17.2 Å².